The summed E-state index contributed by atoms with van der Waals surface area (Å²) < 4.78 is 10.8. The Morgan fingerprint density at radius 1 is 1.33 bits per heavy atom. The molecule has 1 amide bonds. The summed E-state index contributed by atoms with van der Waals surface area (Å²) >= 11 is 0. The maximum atomic E-state index is 12.3. The number of carboxylic acid groups (broad SMARTS) is 1. The minimum absolute atomic E-state index is 0.0155. The summed E-state index contributed by atoms with van der Waals surface area (Å²) in [6.45, 7) is 8.25. The number of rotatable bonds is 6. The predicted molar refractivity (Wildman–Crippen MR) is 78.3 cm³/mol. The molecule has 0 aromatic carbocycles. The highest BCUT2D eigenvalue weighted by Gasteiger charge is 2.51. The number of hydrogen-bond acceptors (Lipinski definition) is 4. The number of ether oxygens (including phenoxy) is 2. The lowest BCUT2D eigenvalue weighted by atomic mass is 9.97. The Bertz CT molecular complexity index is 377. The van der Waals surface area contributed by atoms with Crippen molar-refractivity contribution in [1.82, 2.24) is 4.90 Å². The van der Waals surface area contributed by atoms with Crippen molar-refractivity contribution in [2.45, 2.75) is 64.5 Å². The van der Waals surface area contributed by atoms with Crippen LogP contribution in [0.3, 0.4) is 0 Å². The molecule has 1 heterocycles. The van der Waals surface area contributed by atoms with Crippen LogP contribution >= 0.6 is 0 Å². The van der Waals surface area contributed by atoms with Gasteiger partial charge in [-0.05, 0) is 40.0 Å². The fraction of sp³-hybridized carbons (Fsp3) is 0.867. The summed E-state index contributed by atoms with van der Waals surface area (Å²) in [5, 5.41) is 9.61. The van der Waals surface area contributed by atoms with Crippen LogP contribution in [0.25, 0.3) is 0 Å². The number of carboxylic acids is 1. The fourth-order valence-electron chi connectivity index (χ4n) is 2.38. The van der Waals surface area contributed by atoms with Gasteiger partial charge in [-0.3, -0.25) is 4.90 Å². The lowest BCUT2D eigenvalue weighted by molar-refractivity contribution is -0.153. The van der Waals surface area contributed by atoms with Gasteiger partial charge in [0, 0.05) is 13.2 Å². The van der Waals surface area contributed by atoms with Crippen LogP contribution in [0.1, 0.15) is 53.4 Å². The zero-order valence-corrected chi connectivity index (χ0v) is 13.5. The Balaban J connectivity index is 2.80. The van der Waals surface area contributed by atoms with Gasteiger partial charge in [0.15, 0.2) is 5.54 Å². The highest BCUT2D eigenvalue weighted by molar-refractivity contribution is 5.85. The third kappa shape index (κ3) is 4.59. The molecule has 21 heavy (non-hydrogen) atoms. The van der Waals surface area contributed by atoms with Crippen molar-refractivity contribution in [2.75, 3.05) is 19.8 Å². The lowest BCUT2D eigenvalue weighted by Crippen LogP contribution is -2.57. The summed E-state index contributed by atoms with van der Waals surface area (Å²) in [4.78, 5) is 25.3. The van der Waals surface area contributed by atoms with Gasteiger partial charge in [-0.25, -0.2) is 9.59 Å². The summed E-state index contributed by atoms with van der Waals surface area (Å²) in [7, 11) is 0. The minimum Gasteiger partial charge on any atom is -0.479 e. The molecule has 1 rings (SSSR count). The van der Waals surface area contributed by atoms with Crippen LogP contribution in [0.5, 0.6) is 0 Å². The van der Waals surface area contributed by atoms with Gasteiger partial charge in [-0.15, -0.1) is 0 Å². The van der Waals surface area contributed by atoms with Crippen LogP contribution in [0.2, 0.25) is 0 Å². The molecule has 1 atom stereocenters. The Morgan fingerprint density at radius 3 is 2.52 bits per heavy atom. The molecule has 1 unspecified atom stereocenters. The molecule has 0 aliphatic carbocycles. The van der Waals surface area contributed by atoms with Crippen LogP contribution in [0.15, 0.2) is 0 Å². The van der Waals surface area contributed by atoms with Gasteiger partial charge < -0.3 is 14.6 Å². The molecular weight excluding hydrogens is 274 g/mol. The van der Waals surface area contributed by atoms with Crippen molar-refractivity contribution in [2.24, 2.45) is 0 Å². The molecule has 6 nitrogen and oxygen atoms in total. The van der Waals surface area contributed by atoms with Gasteiger partial charge in [0.2, 0.25) is 0 Å². The number of carbonyl (C=O) groups excluding carboxylic acids is 1. The molecule has 1 saturated heterocycles. The number of aliphatic carboxylic acids is 1. The molecule has 1 aliphatic heterocycles. The van der Waals surface area contributed by atoms with E-state index in [1.54, 1.807) is 20.8 Å². The monoisotopic (exact) mass is 301 g/mol. The Labute approximate surface area is 126 Å². The van der Waals surface area contributed by atoms with E-state index >= 15 is 0 Å². The zero-order chi connectivity index (χ0) is 16.1. The number of hydrogen-bond donors (Lipinski definition) is 1. The lowest BCUT2D eigenvalue weighted by Gasteiger charge is -2.35. The average Bonchev–Trinajstić information content (AvgIpc) is 2.78. The first-order valence-corrected chi connectivity index (χ1v) is 7.55. The van der Waals surface area contributed by atoms with Gasteiger partial charge in [-0.1, -0.05) is 13.3 Å². The van der Waals surface area contributed by atoms with E-state index in [-0.39, 0.29) is 6.61 Å². The van der Waals surface area contributed by atoms with Crippen LogP contribution < -0.4 is 0 Å². The van der Waals surface area contributed by atoms with Crippen molar-refractivity contribution < 1.29 is 24.2 Å². The van der Waals surface area contributed by atoms with Crippen LogP contribution in [0.4, 0.5) is 4.79 Å². The molecule has 0 aromatic rings. The summed E-state index contributed by atoms with van der Waals surface area (Å²) in [6.07, 6.45) is 2.32. The van der Waals surface area contributed by atoms with Crippen molar-refractivity contribution in [3.8, 4) is 0 Å². The molecule has 1 fully saturated rings. The van der Waals surface area contributed by atoms with Gasteiger partial charge in [0.25, 0.3) is 0 Å². The Morgan fingerprint density at radius 2 is 2.00 bits per heavy atom. The summed E-state index contributed by atoms with van der Waals surface area (Å²) in [6, 6.07) is 0. The van der Waals surface area contributed by atoms with Crippen molar-refractivity contribution in [3.05, 3.63) is 0 Å². The quantitative estimate of drug-likeness (QED) is 0.763. The predicted octanol–water partition coefficient (Wildman–Crippen LogP) is 2.66. The standard InChI is InChI=1S/C15H27NO5/c1-5-6-10-20-11-15(12(17)18)8-7-9-16(15)13(19)21-14(2,3)4/h5-11H2,1-4H3,(H,17,18). The molecule has 0 radical (unpaired) electrons. The molecule has 0 spiro atoms. The molecule has 1 aliphatic rings. The second-order valence-corrected chi connectivity index (χ2v) is 6.48. The van der Waals surface area contributed by atoms with E-state index < -0.39 is 23.2 Å². The van der Waals surface area contributed by atoms with Crippen LogP contribution in [-0.4, -0.2) is 53.0 Å². The number of unbranched alkanes of at least 4 members (excludes halogenated alkanes) is 1. The van der Waals surface area contributed by atoms with Gasteiger partial charge >= 0.3 is 12.1 Å². The maximum Gasteiger partial charge on any atom is 0.411 e. The number of likely N-dealkylation sites (tertiary alicyclic amines) is 1. The first-order chi connectivity index (χ1) is 9.73. The van der Waals surface area contributed by atoms with E-state index in [0.717, 1.165) is 12.8 Å². The van der Waals surface area contributed by atoms with Crippen molar-refractivity contribution >= 4 is 12.1 Å². The summed E-state index contributed by atoms with van der Waals surface area (Å²) in [5.41, 5.74) is -1.94. The maximum absolute atomic E-state index is 12.3. The fourth-order valence-corrected chi connectivity index (χ4v) is 2.38. The van der Waals surface area contributed by atoms with E-state index in [1.165, 1.54) is 4.90 Å². The van der Waals surface area contributed by atoms with E-state index in [1.807, 2.05) is 6.92 Å². The second kappa shape index (κ2) is 7.11. The molecule has 0 bridgehead atoms. The van der Waals surface area contributed by atoms with E-state index in [0.29, 0.717) is 26.0 Å². The average molecular weight is 301 g/mol. The van der Waals surface area contributed by atoms with Gasteiger partial charge in [0.1, 0.15) is 5.60 Å². The first-order valence-electron chi connectivity index (χ1n) is 7.55. The third-order valence-corrected chi connectivity index (χ3v) is 3.48. The number of amides is 1. The molecule has 1 N–H and O–H groups in total. The molecule has 0 saturated carbocycles. The topological polar surface area (TPSA) is 76.1 Å². The normalized spacial score (nSPS) is 22.4. The number of carbonyl (C=O) groups is 2. The first kappa shape index (κ1) is 17.8. The smallest absolute Gasteiger partial charge is 0.411 e. The molecular formula is C15H27NO5. The highest BCUT2D eigenvalue weighted by Crippen LogP contribution is 2.32. The van der Waals surface area contributed by atoms with Crippen molar-refractivity contribution in [3.63, 3.8) is 0 Å². The third-order valence-electron chi connectivity index (χ3n) is 3.48. The van der Waals surface area contributed by atoms with E-state index in [2.05, 4.69) is 0 Å². The Hall–Kier alpha value is -1.30. The molecule has 122 valence electrons. The Kier molecular flexibility index (Phi) is 6.01. The second-order valence-electron chi connectivity index (χ2n) is 6.48. The van der Waals surface area contributed by atoms with Crippen LogP contribution in [-0.2, 0) is 14.3 Å². The van der Waals surface area contributed by atoms with Gasteiger partial charge in [0.05, 0.1) is 6.61 Å². The molecule has 6 heteroatoms. The van der Waals surface area contributed by atoms with Gasteiger partial charge in [-0.2, -0.15) is 0 Å². The zero-order valence-electron chi connectivity index (χ0n) is 13.5. The molecule has 0 aromatic heterocycles. The highest BCUT2D eigenvalue weighted by atomic mass is 16.6. The van der Waals surface area contributed by atoms with E-state index in [4.69, 9.17) is 9.47 Å². The minimum atomic E-state index is -1.30. The van der Waals surface area contributed by atoms with Crippen molar-refractivity contribution in [1.29, 1.82) is 0 Å². The number of nitrogens with zero attached hydrogens (tertiary/aromatic N) is 1. The van der Waals surface area contributed by atoms with Crippen LogP contribution in [0, 0.1) is 0 Å². The summed E-state index contributed by atoms with van der Waals surface area (Å²) in [5.74, 6) is -1.03. The largest absolute Gasteiger partial charge is 0.479 e. The van der Waals surface area contributed by atoms with E-state index in [9.17, 15) is 14.7 Å². The SMILES string of the molecule is CCCCOCC1(C(=O)O)CCCN1C(=O)OC(C)(C)C.